The second-order valence-corrected chi connectivity index (χ2v) is 6.52. The minimum atomic E-state index is -0.385. The minimum Gasteiger partial charge on any atom is -0.492 e. The van der Waals surface area contributed by atoms with Gasteiger partial charge in [0.05, 0.1) is 23.9 Å². The van der Waals surface area contributed by atoms with Crippen LogP contribution in [0.5, 0.6) is 5.75 Å². The Kier molecular flexibility index (Phi) is 7.02. The number of carbonyl (C=O) groups is 1. The molecule has 0 amide bonds. The molecular weight excluding hydrogens is 351 g/mol. The SMILES string of the molecule is Cl.Nc1c(Cl)cc(C(=O)OCCCN2CCCCC2)c2c1CCO2. The van der Waals surface area contributed by atoms with Gasteiger partial charge < -0.3 is 20.1 Å². The molecule has 0 unspecified atom stereocenters. The summed E-state index contributed by atoms with van der Waals surface area (Å²) in [5.41, 5.74) is 7.64. The number of rotatable bonds is 5. The Morgan fingerprint density at radius 2 is 2.08 bits per heavy atom. The number of nitrogen functional groups attached to an aromatic ring is 1. The van der Waals surface area contributed by atoms with Gasteiger partial charge in [0, 0.05) is 18.5 Å². The maximum atomic E-state index is 12.3. The molecular formula is C17H24Cl2N2O3. The Morgan fingerprint density at radius 3 is 2.83 bits per heavy atom. The zero-order chi connectivity index (χ0) is 16.2. The third-order valence-corrected chi connectivity index (χ3v) is 4.80. The number of nitrogens with zero attached hydrogens (tertiary/aromatic N) is 1. The van der Waals surface area contributed by atoms with E-state index in [1.165, 1.54) is 19.3 Å². The first kappa shape index (κ1) is 19.2. The molecule has 0 bridgehead atoms. The maximum Gasteiger partial charge on any atom is 0.341 e. The van der Waals surface area contributed by atoms with E-state index >= 15 is 0 Å². The molecule has 0 atom stereocenters. The summed E-state index contributed by atoms with van der Waals surface area (Å²) in [5, 5.41) is 0.384. The van der Waals surface area contributed by atoms with E-state index in [1.54, 1.807) is 6.07 Å². The van der Waals surface area contributed by atoms with Gasteiger partial charge in [0.1, 0.15) is 11.3 Å². The van der Waals surface area contributed by atoms with Crippen molar-refractivity contribution in [2.45, 2.75) is 32.1 Å². The zero-order valence-electron chi connectivity index (χ0n) is 13.7. The first-order chi connectivity index (χ1) is 11.2. The molecule has 0 radical (unpaired) electrons. The molecule has 2 heterocycles. The van der Waals surface area contributed by atoms with E-state index in [-0.39, 0.29) is 18.4 Å². The highest BCUT2D eigenvalue weighted by Crippen LogP contribution is 2.38. The van der Waals surface area contributed by atoms with Crippen LogP contribution >= 0.6 is 24.0 Å². The molecule has 2 aliphatic rings. The lowest BCUT2D eigenvalue weighted by molar-refractivity contribution is 0.0482. The van der Waals surface area contributed by atoms with Gasteiger partial charge in [-0.3, -0.25) is 0 Å². The summed E-state index contributed by atoms with van der Waals surface area (Å²) in [6.45, 7) is 4.22. The number of fused-ring (bicyclic) bond motifs is 1. The summed E-state index contributed by atoms with van der Waals surface area (Å²) in [5.74, 6) is 0.150. The van der Waals surface area contributed by atoms with Gasteiger partial charge in [0.25, 0.3) is 0 Å². The second-order valence-electron chi connectivity index (χ2n) is 6.12. The average molecular weight is 375 g/mol. The summed E-state index contributed by atoms with van der Waals surface area (Å²) in [7, 11) is 0. The smallest absolute Gasteiger partial charge is 0.341 e. The number of hydrogen-bond acceptors (Lipinski definition) is 5. The van der Waals surface area contributed by atoms with Crippen LogP contribution in [0.25, 0.3) is 0 Å². The number of nitrogens with two attached hydrogens (primary N) is 1. The normalized spacial score (nSPS) is 16.9. The Bertz CT molecular complexity index is 590. The molecule has 3 rings (SSSR count). The van der Waals surface area contributed by atoms with Gasteiger partial charge in [0.2, 0.25) is 0 Å². The first-order valence-electron chi connectivity index (χ1n) is 8.30. The van der Waals surface area contributed by atoms with Gasteiger partial charge in [-0.05, 0) is 38.4 Å². The molecule has 1 aromatic rings. The minimum absolute atomic E-state index is 0. The molecule has 7 heteroatoms. The molecule has 134 valence electrons. The highest BCUT2D eigenvalue weighted by atomic mass is 35.5. The molecule has 0 saturated carbocycles. The lowest BCUT2D eigenvalue weighted by Crippen LogP contribution is -2.31. The van der Waals surface area contributed by atoms with E-state index in [4.69, 9.17) is 26.8 Å². The summed E-state index contributed by atoms with van der Waals surface area (Å²) in [6, 6.07) is 1.55. The van der Waals surface area contributed by atoms with Crippen LogP contribution < -0.4 is 10.5 Å². The van der Waals surface area contributed by atoms with Crippen molar-refractivity contribution in [1.29, 1.82) is 0 Å². The summed E-state index contributed by atoms with van der Waals surface area (Å²) in [4.78, 5) is 14.7. The van der Waals surface area contributed by atoms with Crippen LogP contribution in [0.2, 0.25) is 5.02 Å². The molecule has 2 aliphatic heterocycles. The molecule has 0 spiro atoms. The Hall–Kier alpha value is -1.17. The van der Waals surface area contributed by atoms with Crippen LogP contribution in [0, 0.1) is 0 Å². The fourth-order valence-corrected chi connectivity index (χ4v) is 3.46. The van der Waals surface area contributed by atoms with E-state index < -0.39 is 0 Å². The number of esters is 1. The number of piperidine rings is 1. The first-order valence-corrected chi connectivity index (χ1v) is 8.67. The standard InChI is InChI=1S/C17H23ClN2O3.ClH/c18-14-11-13(16-12(15(14)19)5-10-22-16)17(21)23-9-4-8-20-6-2-1-3-7-20;/h11H,1-10,19H2;1H. The monoisotopic (exact) mass is 374 g/mol. The molecule has 2 N–H and O–H groups in total. The molecule has 1 aromatic carbocycles. The summed E-state index contributed by atoms with van der Waals surface area (Å²) >= 11 is 6.11. The van der Waals surface area contributed by atoms with E-state index in [2.05, 4.69) is 4.90 Å². The van der Waals surface area contributed by atoms with E-state index in [9.17, 15) is 4.79 Å². The molecule has 5 nitrogen and oxygen atoms in total. The predicted octanol–water partition coefficient (Wildman–Crippen LogP) is 3.31. The fraction of sp³-hybridized carbons (Fsp3) is 0.588. The molecule has 24 heavy (non-hydrogen) atoms. The third kappa shape index (κ3) is 4.26. The van der Waals surface area contributed by atoms with Crippen LogP contribution in [0.4, 0.5) is 5.69 Å². The number of ether oxygens (including phenoxy) is 2. The van der Waals surface area contributed by atoms with Crippen LogP contribution in [-0.4, -0.2) is 43.7 Å². The van der Waals surface area contributed by atoms with Crippen molar-refractivity contribution in [3.63, 3.8) is 0 Å². The third-order valence-electron chi connectivity index (χ3n) is 4.49. The van der Waals surface area contributed by atoms with Crippen molar-refractivity contribution in [3.8, 4) is 5.75 Å². The summed E-state index contributed by atoms with van der Waals surface area (Å²) in [6.07, 6.45) is 5.39. The van der Waals surface area contributed by atoms with Gasteiger partial charge in [-0.1, -0.05) is 18.0 Å². The Labute approximate surface area is 153 Å². The van der Waals surface area contributed by atoms with Crippen molar-refractivity contribution < 1.29 is 14.3 Å². The number of benzene rings is 1. The number of hydrogen-bond donors (Lipinski definition) is 1. The van der Waals surface area contributed by atoms with Crippen molar-refractivity contribution in [2.24, 2.45) is 0 Å². The lowest BCUT2D eigenvalue weighted by atomic mass is 10.1. The average Bonchev–Trinajstić information content (AvgIpc) is 3.05. The number of carbonyl (C=O) groups excluding carboxylic acids is 1. The topological polar surface area (TPSA) is 64.8 Å². The quantitative estimate of drug-likeness (QED) is 0.486. The lowest BCUT2D eigenvalue weighted by Gasteiger charge is -2.26. The molecule has 0 aromatic heterocycles. The van der Waals surface area contributed by atoms with E-state index in [1.807, 2.05) is 0 Å². The number of anilines is 1. The molecule has 1 saturated heterocycles. The van der Waals surface area contributed by atoms with Gasteiger partial charge in [-0.25, -0.2) is 4.79 Å². The maximum absolute atomic E-state index is 12.3. The van der Waals surface area contributed by atoms with Crippen LogP contribution in [0.1, 0.15) is 41.6 Å². The summed E-state index contributed by atoms with van der Waals surface area (Å²) < 4.78 is 10.9. The van der Waals surface area contributed by atoms with Crippen LogP contribution in [-0.2, 0) is 11.2 Å². The van der Waals surface area contributed by atoms with Crippen LogP contribution in [0.15, 0.2) is 6.07 Å². The van der Waals surface area contributed by atoms with Crippen molar-refractivity contribution in [1.82, 2.24) is 4.90 Å². The number of likely N-dealkylation sites (tertiary alicyclic amines) is 1. The Balaban J connectivity index is 0.00000208. The van der Waals surface area contributed by atoms with Gasteiger partial charge in [-0.2, -0.15) is 0 Å². The van der Waals surface area contributed by atoms with Crippen molar-refractivity contribution in [2.75, 3.05) is 38.6 Å². The predicted molar refractivity (Wildman–Crippen MR) is 97.5 cm³/mol. The highest BCUT2D eigenvalue weighted by Gasteiger charge is 2.26. The second kappa shape index (κ2) is 8.79. The van der Waals surface area contributed by atoms with E-state index in [0.29, 0.717) is 41.7 Å². The largest absolute Gasteiger partial charge is 0.492 e. The van der Waals surface area contributed by atoms with Crippen molar-refractivity contribution >= 4 is 35.7 Å². The van der Waals surface area contributed by atoms with Crippen molar-refractivity contribution in [3.05, 3.63) is 22.2 Å². The molecule has 0 aliphatic carbocycles. The van der Waals surface area contributed by atoms with Gasteiger partial charge >= 0.3 is 5.97 Å². The zero-order valence-corrected chi connectivity index (χ0v) is 15.3. The van der Waals surface area contributed by atoms with Crippen LogP contribution in [0.3, 0.4) is 0 Å². The Morgan fingerprint density at radius 1 is 1.33 bits per heavy atom. The molecule has 1 fully saturated rings. The van der Waals surface area contributed by atoms with Gasteiger partial charge in [0.15, 0.2) is 0 Å². The number of halogens is 2. The van der Waals surface area contributed by atoms with Gasteiger partial charge in [-0.15, -0.1) is 12.4 Å². The van der Waals surface area contributed by atoms with E-state index in [0.717, 1.165) is 31.6 Å². The fourth-order valence-electron chi connectivity index (χ4n) is 3.23. The highest BCUT2D eigenvalue weighted by molar-refractivity contribution is 6.33.